The molecule has 2 aromatic rings. The molecule has 3 heterocycles. The molecule has 5 heteroatoms. The molecule has 0 N–H and O–H groups in total. The van der Waals surface area contributed by atoms with Gasteiger partial charge in [-0.3, -0.25) is 9.88 Å². The molecule has 0 spiro atoms. The minimum atomic E-state index is 0.379. The van der Waals surface area contributed by atoms with Crippen LogP contribution >= 0.6 is 0 Å². The average molecular weight is 286 g/mol. The summed E-state index contributed by atoms with van der Waals surface area (Å²) in [5.74, 6) is 1.56. The number of unbranched alkanes of at least 4 members (excludes halogenated alkanes) is 1. The zero-order chi connectivity index (χ0) is 14.5. The third-order valence-corrected chi connectivity index (χ3v) is 3.99. The molecule has 0 bridgehead atoms. The Labute approximate surface area is 125 Å². The van der Waals surface area contributed by atoms with Crippen molar-refractivity contribution in [1.82, 2.24) is 20.0 Å². The molecule has 1 fully saturated rings. The molecule has 0 aromatic carbocycles. The molecule has 1 atom stereocenters. The number of hydrogen-bond donors (Lipinski definition) is 0. The van der Waals surface area contributed by atoms with Gasteiger partial charge in [-0.2, -0.15) is 4.98 Å². The Kier molecular flexibility index (Phi) is 4.60. The van der Waals surface area contributed by atoms with Gasteiger partial charge in [0, 0.05) is 12.6 Å². The normalized spacial score (nSPS) is 19.2. The van der Waals surface area contributed by atoms with Crippen LogP contribution in [0.1, 0.15) is 56.1 Å². The third kappa shape index (κ3) is 3.47. The number of likely N-dealkylation sites (tertiary alicyclic amines) is 1. The first-order valence-corrected chi connectivity index (χ1v) is 7.83. The molecule has 2 aromatic heterocycles. The van der Waals surface area contributed by atoms with E-state index in [1.54, 1.807) is 0 Å². The molecule has 5 nitrogen and oxygen atoms in total. The van der Waals surface area contributed by atoms with Gasteiger partial charge in [0.05, 0.1) is 18.3 Å². The summed E-state index contributed by atoms with van der Waals surface area (Å²) in [5, 5.41) is 4.11. The summed E-state index contributed by atoms with van der Waals surface area (Å²) < 4.78 is 5.31. The summed E-state index contributed by atoms with van der Waals surface area (Å²) in [4.78, 5) is 11.4. The molecular weight excluding hydrogens is 264 g/mol. The molecule has 1 saturated heterocycles. The number of rotatable bonds is 6. The third-order valence-electron chi connectivity index (χ3n) is 3.99. The van der Waals surface area contributed by atoms with Gasteiger partial charge in [0.25, 0.3) is 0 Å². The van der Waals surface area contributed by atoms with Crippen molar-refractivity contribution in [1.29, 1.82) is 0 Å². The number of aromatic nitrogens is 3. The Balaban J connectivity index is 1.65. The second-order valence-corrected chi connectivity index (χ2v) is 5.59. The minimum absolute atomic E-state index is 0.379. The van der Waals surface area contributed by atoms with Crippen molar-refractivity contribution in [2.75, 3.05) is 6.54 Å². The first kappa shape index (κ1) is 14.2. The topological polar surface area (TPSA) is 55.1 Å². The quantitative estimate of drug-likeness (QED) is 0.816. The van der Waals surface area contributed by atoms with Gasteiger partial charge in [0.2, 0.25) is 5.89 Å². The van der Waals surface area contributed by atoms with E-state index in [1.807, 2.05) is 12.3 Å². The zero-order valence-corrected chi connectivity index (χ0v) is 12.5. The van der Waals surface area contributed by atoms with Crippen LogP contribution in [0.4, 0.5) is 0 Å². The van der Waals surface area contributed by atoms with E-state index in [2.05, 4.69) is 39.1 Å². The SMILES string of the molecule is CCCCc1nc(CN2CCC[C@H]2c2ccccn2)no1. The van der Waals surface area contributed by atoms with Crippen LogP contribution in [0.2, 0.25) is 0 Å². The lowest BCUT2D eigenvalue weighted by atomic mass is 10.1. The fourth-order valence-corrected chi connectivity index (χ4v) is 2.89. The van der Waals surface area contributed by atoms with Crippen LogP contribution in [0, 0.1) is 0 Å². The summed E-state index contributed by atoms with van der Waals surface area (Å²) in [6, 6.07) is 6.49. The van der Waals surface area contributed by atoms with E-state index in [0.29, 0.717) is 6.04 Å². The number of aryl methyl sites for hydroxylation is 1. The van der Waals surface area contributed by atoms with Gasteiger partial charge < -0.3 is 4.52 Å². The second-order valence-electron chi connectivity index (χ2n) is 5.59. The molecule has 0 aliphatic carbocycles. The molecule has 3 rings (SSSR count). The second kappa shape index (κ2) is 6.80. The van der Waals surface area contributed by atoms with Gasteiger partial charge in [-0.1, -0.05) is 24.6 Å². The number of hydrogen-bond acceptors (Lipinski definition) is 5. The van der Waals surface area contributed by atoms with Crippen LogP contribution in [0.15, 0.2) is 28.9 Å². The Morgan fingerprint density at radius 1 is 1.38 bits per heavy atom. The highest BCUT2D eigenvalue weighted by Crippen LogP contribution is 2.31. The van der Waals surface area contributed by atoms with Crippen LogP contribution in [-0.2, 0) is 13.0 Å². The van der Waals surface area contributed by atoms with E-state index in [0.717, 1.165) is 56.2 Å². The maximum atomic E-state index is 5.31. The standard InChI is InChI=1S/C16H22N4O/c1-2-3-9-16-18-15(19-21-16)12-20-11-6-8-14(20)13-7-4-5-10-17-13/h4-5,7,10,14H,2-3,6,8-9,11-12H2,1H3/t14-/m0/s1. The Morgan fingerprint density at radius 2 is 2.33 bits per heavy atom. The molecule has 0 saturated carbocycles. The van der Waals surface area contributed by atoms with Crippen molar-refractivity contribution in [2.45, 2.75) is 51.6 Å². The van der Waals surface area contributed by atoms with Crippen molar-refractivity contribution in [3.8, 4) is 0 Å². The average Bonchev–Trinajstić information content (AvgIpc) is 3.16. The van der Waals surface area contributed by atoms with Crippen LogP contribution in [0.5, 0.6) is 0 Å². The summed E-state index contributed by atoms with van der Waals surface area (Å²) in [6.45, 7) is 3.98. The van der Waals surface area contributed by atoms with Gasteiger partial charge in [0.1, 0.15) is 0 Å². The molecule has 0 radical (unpaired) electrons. The Morgan fingerprint density at radius 3 is 3.14 bits per heavy atom. The van der Waals surface area contributed by atoms with Crippen LogP contribution in [0.25, 0.3) is 0 Å². The maximum Gasteiger partial charge on any atom is 0.226 e. The van der Waals surface area contributed by atoms with Gasteiger partial charge in [0.15, 0.2) is 5.82 Å². The smallest absolute Gasteiger partial charge is 0.226 e. The van der Waals surface area contributed by atoms with E-state index < -0.39 is 0 Å². The first-order valence-electron chi connectivity index (χ1n) is 7.83. The number of pyridine rings is 1. The van der Waals surface area contributed by atoms with Crippen LogP contribution in [-0.4, -0.2) is 26.6 Å². The summed E-state index contributed by atoms with van der Waals surface area (Å²) in [5.41, 5.74) is 1.14. The van der Waals surface area contributed by atoms with E-state index in [4.69, 9.17) is 4.52 Å². The van der Waals surface area contributed by atoms with E-state index in [1.165, 1.54) is 6.42 Å². The van der Waals surface area contributed by atoms with E-state index in [-0.39, 0.29) is 0 Å². The monoisotopic (exact) mass is 286 g/mol. The Hall–Kier alpha value is -1.75. The van der Waals surface area contributed by atoms with Crippen molar-refractivity contribution < 1.29 is 4.52 Å². The van der Waals surface area contributed by atoms with Crippen molar-refractivity contribution >= 4 is 0 Å². The molecule has 0 amide bonds. The highest BCUT2D eigenvalue weighted by molar-refractivity contribution is 5.10. The fourth-order valence-electron chi connectivity index (χ4n) is 2.89. The molecule has 1 aliphatic rings. The lowest BCUT2D eigenvalue weighted by Gasteiger charge is -2.22. The van der Waals surface area contributed by atoms with E-state index >= 15 is 0 Å². The molecular formula is C16H22N4O. The predicted octanol–water partition coefficient (Wildman–Crippen LogP) is 3.14. The summed E-state index contributed by atoms with van der Waals surface area (Å²) in [7, 11) is 0. The highest BCUT2D eigenvalue weighted by atomic mass is 16.5. The predicted molar refractivity (Wildman–Crippen MR) is 79.5 cm³/mol. The van der Waals surface area contributed by atoms with E-state index in [9.17, 15) is 0 Å². The van der Waals surface area contributed by atoms with Gasteiger partial charge in [-0.25, -0.2) is 0 Å². The van der Waals surface area contributed by atoms with Crippen LogP contribution in [0.3, 0.4) is 0 Å². The van der Waals surface area contributed by atoms with Crippen molar-refractivity contribution in [3.05, 3.63) is 41.8 Å². The molecule has 112 valence electrons. The van der Waals surface area contributed by atoms with Crippen LogP contribution < -0.4 is 0 Å². The van der Waals surface area contributed by atoms with Crippen molar-refractivity contribution in [3.63, 3.8) is 0 Å². The maximum absolute atomic E-state index is 5.31. The number of nitrogens with zero attached hydrogens (tertiary/aromatic N) is 4. The fraction of sp³-hybridized carbons (Fsp3) is 0.562. The van der Waals surface area contributed by atoms with Crippen molar-refractivity contribution in [2.24, 2.45) is 0 Å². The molecule has 0 unspecified atom stereocenters. The largest absolute Gasteiger partial charge is 0.339 e. The summed E-state index contributed by atoms with van der Waals surface area (Å²) in [6.07, 6.45) is 7.34. The minimum Gasteiger partial charge on any atom is -0.339 e. The van der Waals surface area contributed by atoms with Gasteiger partial charge in [-0.15, -0.1) is 0 Å². The lowest BCUT2D eigenvalue weighted by molar-refractivity contribution is 0.234. The van der Waals surface area contributed by atoms with Gasteiger partial charge in [-0.05, 0) is 37.9 Å². The first-order chi connectivity index (χ1) is 10.4. The molecule has 21 heavy (non-hydrogen) atoms. The zero-order valence-electron chi connectivity index (χ0n) is 12.5. The lowest BCUT2D eigenvalue weighted by Crippen LogP contribution is -2.24. The highest BCUT2D eigenvalue weighted by Gasteiger charge is 2.28. The molecule has 1 aliphatic heterocycles. The Bertz CT molecular complexity index is 554. The van der Waals surface area contributed by atoms with Gasteiger partial charge >= 0.3 is 0 Å². The summed E-state index contributed by atoms with van der Waals surface area (Å²) >= 11 is 0.